The lowest BCUT2D eigenvalue weighted by atomic mass is 9.98. The number of nitrogens with zero attached hydrogens (tertiary/aromatic N) is 1. The van der Waals surface area contributed by atoms with E-state index in [2.05, 4.69) is 47.1 Å². The van der Waals surface area contributed by atoms with Gasteiger partial charge in [-0.3, -0.25) is 0 Å². The number of benzene rings is 2. The highest BCUT2D eigenvalue weighted by molar-refractivity contribution is 9.10. The van der Waals surface area contributed by atoms with E-state index in [4.69, 9.17) is 10.3 Å². The first-order chi connectivity index (χ1) is 10.1. The van der Waals surface area contributed by atoms with Crippen molar-refractivity contribution >= 4 is 21.8 Å². The van der Waals surface area contributed by atoms with E-state index in [0.29, 0.717) is 5.88 Å². The summed E-state index contributed by atoms with van der Waals surface area (Å²) >= 11 is 3.55. The fourth-order valence-corrected chi connectivity index (χ4v) is 2.79. The van der Waals surface area contributed by atoms with Gasteiger partial charge in [0.1, 0.15) is 5.69 Å². The van der Waals surface area contributed by atoms with Crippen LogP contribution in [0.15, 0.2) is 51.5 Å². The van der Waals surface area contributed by atoms with Crippen LogP contribution >= 0.6 is 15.9 Å². The lowest BCUT2D eigenvalue weighted by molar-refractivity contribution is 0.439. The summed E-state index contributed by atoms with van der Waals surface area (Å²) < 4.78 is 6.20. The summed E-state index contributed by atoms with van der Waals surface area (Å²) in [5.74, 6) is 0.337. The highest BCUT2D eigenvalue weighted by atomic mass is 79.9. The maximum absolute atomic E-state index is 6.00. The molecule has 0 aliphatic rings. The maximum Gasteiger partial charge on any atom is 0.230 e. The minimum atomic E-state index is 0.337. The predicted molar refractivity (Wildman–Crippen MR) is 89.0 cm³/mol. The molecule has 0 saturated heterocycles. The topological polar surface area (TPSA) is 52.0 Å². The molecule has 0 aliphatic heterocycles. The Morgan fingerprint density at radius 1 is 1.05 bits per heavy atom. The second kappa shape index (κ2) is 5.37. The van der Waals surface area contributed by atoms with Gasteiger partial charge in [-0.05, 0) is 36.6 Å². The van der Waals surface area contributed by atoms with E-state index in [-0.39, 0.29) is 0 Å². The van der Waals surface area contributed by atoms with Crippen LogP contribution < -0.4 is 5.73 Å². The monoisotopic (exact) mass is 342 g/mol. The molecule has 2 aromatic carbocycles. The van der Waals surface area contributed by atoms with E-state index in [0.717, 1.165) is 26.9 Å². The highest BCUT2D eigenvalue weighted by Gasteiger charge is 2.19. The van der Waals surface area contributed by atoms with Crippen molar-refractivity contribution in [3.63, 3.8) is 0 Å². The fourth-order valence-electron chi connectivity index (χ4n) is 2.32. The van der Waals surface area contributed by atoms with E-state index in [9.17, 15) is 0 Å². The van der Waals surface area contributed by atoms with E-state index < -0.39 is 0 Å². The Balaban J connectivity index is 2.22. The normalized spacial score (nSPS) is 10.8. The highest BCUT2D eigenvalue weighted by Crippen LogP contribution is 2.39. The zero-order valence-corrected chi connectivity index (χ0v) is 13.4. The molecule has 0 bridgehead atoms. The van der Waals surface area contributed by atoms with Crippen molar-refractivity contribution in [2.24, 2.45) is 0 Å². The molecule has 0 radical (unpaired) electrons. The van der Waals surface area contributed by atoms with Crippen LogP contribution in [-0.4, -0.2) is 5.16 Å². The zero-order chi connectivity index (χ0) is 15.0. The molecule has 3 nitrogen and oxygen atoms in total. The van der Waals surface area contributed by atoms with Crippen LogP contribution in [0.2, 0.25) is 0 Å². The largest absolute Gasteiger partial charge is 0.367 e. The molecule has 1 heterocycles. The zero-order valence-electron chi connectivity index (χ0n) is 11.9. The number of rotatable bonds is 2. The quantitative estimate of drug-likeness (QED) is 0.715. The smallest absolute Gasteiger partial charge is 0.230 e. The van der Waals surface area contributed by atoms with Gasteiger partial charge in [0.05, 0.1) is 5.56 Å². The molecule has 1 aromatic heterocycles. The number of nitrogen functional groups attached to an aromatic ring is 1. The number of halogens is 1. The van der Waals surface area contributed by atoms with E-state index in [1.807, 2.05) is 30.3 Å². The number of hydrogen-bond acceptors (Lipinski definition) is 3. The van der Waals surface area contributed by atoms with Crippen molar-refractivity contribution in [3.8, 4) is 22.4 Å². The Kier molecular flexibility index (Phi) is 3.55. The molecule has 106 valence electrons. The van der Waals surface area contributed by atoms with Crippen LogP contribution in [0.3, 0.4) is 0 Å². The summed E-state index contributed by atoms with van der Waals surface area (Å²) in [6.07, 6.45) is 0. The van der Waals surface area contributed by atoms with Crippen LogP contribution in [0, 0.1) is 13.8 Å². The lowest BCUT2D eigenvalue weighted by Crippen LogP contribution is -1.90. The third-order valence-electron chi connectivity index (χ3n) is 3.64. The molecule has 0 spiro atoms. The third kappa shape index (κ3) is 2.47. The van der Waals surface area contributed by atoms with Gasteiger partial charge in [-0.1, -0.05) is 57.5 Å². The van der Waals surface area contributed by atoms with E-state index in [1.54, 1.807) is 0 Å². The second-order valence-electron chi connectivity index (χ2n) is 5.05. The molecule has 0 fully saturated rings. The summed E-state index contributed by atoms with van der Waals surface area (Å²) in [4.78, 5) is 0. The van der Waals surface area contributed by atoms with Gasteiger partial charge < -0.3 is 10.3 Å². The maximum atomic E-state index is 6.00. The van der Waals surface area contributed by atoms with Gasteiger partial charge in [0.15, 0.2) is 0 Å². The van der Waals surface area contributed by atoms with Crippen molar-refractivity contribution in [3.05, 3.63) is 58.1 Å². The number of anilines is 1. The van der Waals surface area contributed by atoms with E-state index >= 15 is 0 Å². The minimum Gasteiger partial charge on any atom is -0.367 e. The molecule has 3 aromatic rings. The summed E-state index contributed by atoms with van der Waals surface area (Å²) in [5, 5.41) is 4.15. The van der Waals surface area contributed by atoms with Crippen molar-refractivity contribution < 1.29 is 4.52 Å². The van der Waals surface area contributed by atoms with Gasteiger partial charge in [0.2, 0.25) is 5.88 Å². The van der Waals surface area contributed by atoms with Crippen molar-refractivity contribution in [1.82, 2.24) is 5.16 Å². The average molecular weight is 343 g/mol. The van der Waals surface area contributed by atoms with Gasteiger partial charge in [0, 0.05) is 10.0 Å². The number of nitrogens with two attached hydrogens (primary N) is 1. The fraction of sp³-hybridized carbons (Fsp3) is 0.118. The summed E-state index contributed by atoms with van der Waals surface area (Å²) in [6, 6.07) is 14.1. The molecular formula is C17H15BrN2O. The molecule has 3 rings (SSSR count). The van der Waals surface area contributed by atoms with Crippen molar-refractivity contribution in [2.75, 3.05) is 5.73 Å². The number of hydrogen-bond donors (Lipinski definition) is 1. The van der Waals surface area contributed by atoms with Crippen LogP contribution in [0.1, 0.15) is 11.1 Å². The first-order valence-corrected chi connectivity index (χ1v) is 7.45. The Morgan fingerprint density at radius 2 is 1.81 bits per heavy atom. The van der Waals surface area contributed by atoms with Gasteiger partial charge in [-0.15, -0.1) is 0 Å². The molecule has 0 saturated carbocycles. The Labute approximate surface area is 131 Å². The summed E-state index contributed by atoms with van der Waals surface area (Å²) in [7, 11) is 0. The van der Waals surface area contributed by atoms with Gasteiger partial charge in [-0.25, -0.2) is 0 Å². The van der Waals surface area contributed by atoms with Gasteiger partial charge >= 0.3 is 0 Å². The Hall–Kier alpha value is -2.07. The molecule has 0 aliphatic carbocycles. The lowest BCUT2D eigenvalue weighted by Gasteiger charge is -2.07. The summed E-state index contributed by atoms with van der Waals surface area (Å²) in [5.41, 5.74) is 12.0. The van der Waals surface area contributed by atoms with Crippen LogP contribution in [0.5, 0.6) is 0 Å². The summed E-state index contributed by atoms with van der Waals surface area (Å²) in [6.45, 7) is 4.17. The molecule has 0 unspecified atom stereocenters. The van der Waals surface area contributed by atoms with Gasteiger partial charge in [-0.2, -0.15) is 0 Å². The molecule has 21 heavy (non-hydrogen) atoms. The average Bonchev–Trinajstić information content (AvgIpc) is 2.84. The standard InChI is InChI=1S/C17H15BrN2O/c1-10-7-8-12(9-11(10)2)15-16(20-21-17(15)19)13-5-3-4-6-14(13)18/h3-9H,19H2,1-2H3. The molecule has 4 heteroatoms. The Bertz CT molecular complexity index is 808. The SMILES string of the molecule is Cc1ccc(-c2c(-c3ccccc3Br)noc2N)cc1C. The molecule has 0 atom stereocenters. The number of aryl methyl sites for hydroxylation is 2. The first kappa shape index (κ1) is 13.9. The third-order valence-corrected chi connectivity index (χ3v) is 4.33. The van der Waals surface area contributed by atoms with Crippen LogP contribution in [0.25, 0.3) is 22.4 Å². The molecule has 0 amide bonds. The first-order valence-electron chi connectivity index (χ1n) is 6.65. The van der Waals surface area contributed by atoms with Gasteiger partial charge in [0.25, 0.3) is 0 Å². The van der Waals surface area contributed by atoms with Crippen LogP contribution in [-0.2, 0) is 0 Å². The molecular weight excluding hydrogens is 328 g/mol. The van der Waals surface area contributed by atoms with Crippen molar-refractivity contribution in [1.29, 1.82) is 0 Å². The minimum absolute atomic E-state index is 0.337. The Morgan fingerprint density at radius 3 is 2.52 bits per heavy atom. The van der Waals surface area contributed by atoms with Crippen molar-refractivity contribution in [2.45, 2.75) is 13.8 Å². The van der Waals surface area contributed by atoms with E-state index in [1.165, 1.54) is 11.1 Å². The number of aromatic nitrogens is 1. The predicted octanol–water partition coefficient (Wildman–Crippen LogP) is 4.97. The van der Waals surface area contributed by atoms with Crippen LogP contribution in [0.4, 0.5) is 5.88 Å². The molecule has 2 N–H and O–H groups in total. The second-order valence-corrected chi connectivity index (χ2v) is 5.90.